The van der Waals surface area contributed by atoms with Crippen LogP contribution in [0, 0.1) is 0 Å². The number of nitrogens with two attached hydrogens (primary N) is 2. The molecule has 1 fully saturated rings. The van der Waals surface area contributed by atoms with E-state index in [1.807, 2.05) is 6.08 Å². The van der Waals surface area contributed by atoms with Gasteiger partial charge in [-0.25, -0.2) is 4.98 Å². The van der Waals surface area contributed by atoms with Crippen molar-refractivity contribution in [1.29, 1.82) is 0 Å². The molecular weight excluding hydrogens is 216 g/mol. The van der Waals surface area contributed by atoms with E-state index in [1.54, 1.807) is 13.3 Å². The molecule has 1 aliphatic carbocycles. The van der Waals surface area contributed by atoms with Crippen molar-refractivity contribution < 1.29 is 4.74 Å². The third-order valence-corrected chi connectivity index (χ3v) is 3.16. The summed E-state index contributed by atoms with van der Waals surface area (Å²) in [4.78, 5) is 7.94. The van der Waals surface area contributed by atoms with Crippen LogP contribution in [-0.2, 0) is 0 Å². The first-order valence-corrected chi connectivity index (χ1v) is 5.75. The minimum atomic E-state index is -0.00159. The number of rotatable bonds is 4. The molecule has 0 saturated heterocycles. The molecule has 2 rings (SSSR count). The molecule has 0 aliphatic heterocycles. The van der Waals surface area contributed by atoms with Gasteiger partial charge in [-0.15, -0.1) is 0 Å². The first-order valence-electron chi connectivity index (χ1n) is 5.75. The van der Waals surface area contributed by atoms with Gasteiger partial charge >= 0.3 is 0 Å². The maximum atomic E-state index is 6.13. The summed E-state index contributed by atoms with van der Waals surface area (Å²) in [6.45, 7) is 0. The molecule has 5 heteroatoms. The van der Waals surface area contributed by atoms with E-state index in [2.05, 4.69) is 16.0 Å². The Morgan fingerprint density at radius 3 is 2.88 bits per heavy atom. The van der Waals surface area contributed by atoms with Crippen molar-refractivity contribution in [1.82, 2.24) is 9.97 Å². The van der Waals surface area contributed by atoms with Gasteiger partial charge in [0.15, 0.2) is 0 Å². The molecule has 17 heavy (non-hydrogen) atoms. The number of hydrogen-bond donors (Lipinski definition) is 2. The molecule has 1 aliphatic rings. The molecule has 1 heterocycles. The van der Waals surface area contributed by atoms with E-state index in [-0.39, 0.29) is 11.5 Å². The normalized spacial score (nSPS) is 18.0. The topological polar surface area (TPSA) is 87.0 Å². The molecule has 0 atom stereocenters. The Balaban J connectivity index is 2.04. The van der Waals surface area contributed by atoms with Crippen LogP contribution in [0.25, 0.3) is 6.08 Å². The molecule has 4 N–H and O–H groups in total. The molecular formula is C12H18N4O. The van der Waals surface area contributed by atoms with E-state index in [1.165, 1.54) is 6.42 Å². The number of aromatic nitrogens is 2. The lowest BCUT2D eigenvalue weighted by Gasteiger charge is -2.37. The maximum Gasteiger partial charge on any atom is 0.225 e. The number of hydrogen-bond acceptors (Lipinski definition) is 5. The Morgan fingerprint density at radius 2 is 2.29 bits per heavy atom. The highest BCUT2D eigenvalue weighted by Crippen LogP contribution is 2.32. The fourth-order valence-electron chi connectivity index (χ4n) is 1.92. The van der Waals surface area contributed by atoms with Crippen molar-refractivity contribution in [2.24, 2.45) is 5.73 Å². The lowest BCUT2D eigenvalue weighted by atomic mass is 9.75. The van der Waals surface area contributed by atoms with Gasteiger partial charge in [0, 0.05) is 11.7 Å². The van der Waals surface area contributed by atoms with Crippen LogP contribution < -0.4 is 16.2 Å². The van der Waals surface area contributed by atoms with E-state index in [9.17, 15) is 0 Å². The second-order valence-electron chi connectivity index (χ2n) is 4.52. The van der Waals surface area contributed by atoms with Crippen molar-refractivity contribution >= 4 is 12.0 Å². The zero-order valence-corrected chi connectivity index (χ0v) is 10.0. The molecule has 0 radical (unpaired) electrons. The zero-order valence-electron chi connectivity index (χ0n) is 10.0. The third-order valence-electron chi connectivity index (χ3n) is 3.16. The number of anilines is 1. The predicted octanol–water partition coefficient (Wildman–Crippen LogP) is 1.35. The average Bonchev–Trinajstić information content (AvgIpc) is 2.28. The molecule has 1 saturated carbocycles. The number of nitrogen functional groups attached to an aromatic ring is 1. The van der Waals surface area contributed by atoms with Crippen molar-refractivity contribution in [3.63, 3.8) is 0 Å². The first-order chi connectivity index (χ1) is 8.13. The van der Waals surface area contributed by atoms with Crippen LogP contribution >= 0.6 is 0 Å². The van der Waals surface area contributed by atoms with Crippen LogP contribution in [0.1, 0.15) is 31.2 Å². The Morgan fingerprint density at radius 1 is 1.53 bits per heavy atom. The van der Waals surface area contributed by atoms with Crippen molar-refractivity contribution in [2.75, 3.05) is 12.8 Å². The third kappa shape index (κ3) is 2.74. The maximum absolute atomic E-state index is 6.13. The standard InChI is InChI=1S/C12H18N4O/c1-17-10-9(8-15-11(13)16-10)4-2-5-12(14)6-3-7-12/h2,4,8H,3,5-7,14H2,1H3,(H2,13,15,16)/b4-2+. The molecule has 92 valence electrons. The van der Waals surface area contributed by atoms with E-state index in [0.717, 1.165) is 24.8 Å². The number of nitrogens with zero attached hydrogens (tertiary/aromatic N) is 2. The van der Waals surface area contributed by atoms with Gasteiger partial charge in [0.2, 0.25) is 11.8 Å². The molecule has 0 amide bonds. The summed E-state index contributed by atoms with van der Waals surface area (Å²) in [6, 6.07) is 0. The second-order valence-corrected chi connectivity index (χ2v) is 4.52. The van der Waals surface area contributed by atoms with Crippen LogP contribution in [0.3, 0.4) is 0 Å². The van der Waals surface area contributed by atoms with Gasteiger partial charge < -0.3 is 16.2 Å². The van der Waals surface area contributed by atoms with Crippen LogP contribution in [-0.4, -0.2) is 22.6 Å². The summed E-state index contributed by atoms with van der Waals surface area (Å²) < 4.78 is 5.14. The summed E-state index contributed by atoms with van der Waals surface area (Å²) in [5.74, 6) is 0.710. The van der Waals surface area contributed by atoms with E-state index in [0.29, 0.717) is 5.88 Å². The van der Waals surface area contributed by atoms with Crippen LogP contribution in [0.4, 0.5) is 5.95 Å². The Hall–Kier alpha value is -1.62. The number of methoxy groups -OCH3 is 1. The van der Waals surface area contributed by atoms with Gasteiger partial charge in [-0.2, -0.15) is 4.98 Å². The Kier molecular flexibility index (Phi) is 3.28. The largest absolute Gasteiger partial charge is 0.480 e. The molecule has 1 aromatic rings. The summed E-state index contributed by atoms with van der Waals surface area (Å²) in [5, 5.41) is 0. The zero-order chi connectivity index (χ0) is 12.3. The molecule has 5 nitrogen and oxygen atoms in total. The molecule has 0 bridgehead atoms. The molecule has 0 unspecified atom stereocenters. The smallest absolute Gasteiger partial charge is 0.225 e. The van der Waals surface area contributed by atoms with Crippen LogP contribution in [0.15, 0.2) is 12.3 Å². The second kappa shape index (κ2) is 4.71. The highest BCUT2D eigenvalue weighted by atomic mass is 16.5. The van der Waals surface area contributed by atoms with Gasteiger partial charge in [0.1, 0.15) is 0 Å². The van der Waals surface area contributed by atoms with E-state index in [4.69, 9.17) is 16.2 Å². The van der Waals surface area contributed by atoms with Crippen LogP contribution in [0.5, 0.6) is 5.88 Å². The van der Waals surface area contributed by atoms with Gasteiger partial charge in [0.25, 0.3) is 0 Å². The summed E-state index contributed by atoms with van der Waals surface area (Å²) in [6.07, 6.45) is 9.96. The number of ether oxygens (including phenoxy) is 1. The van der Waals surface area contributed by atoms with Crippen LogP contribution in [0.2, 0.25) is 0 Å². The monoisotopic (exact) mass is 234 g/mol. The quantitative estimate of drug-likeness (QED) is 0.821. The van der Waals surface area contributed by atoms with Crippen molar-refractivity contribution in [3.8, 4) is 5.88 Å². The first kappa shape index (κ1) is 11.9. The predicted molar refractivity (Wildman–Crippen MR) is 67.4 cm³/mol. The minimum Gasteiger partial charge on any atom is -0.480 e. The molecule has 0 spiro atoms. The summed E-state index contributed by atoms with van der Waals surface area (Å²) in [5.41, 5.74) is 12.4. The van der Waals surface area contributed by atoms with Gasteiger partial charge in [-0.3, -0.25) is 0 Å². The summed E-state index contributed by atoms with van der Waals surface area (Å²) >= 11 is 0. The highest BCUT2D eigenvalue weighted by molar-refractivity contribution is 5.54. The summed E-state index contributed by atoms with van der Waals surface area (Å²) in [7, 11) is 1.56. The molecule has 1 aromatic heterocycles. The fraction of sp³-hybridized carbons (Fsp3) is 0.500. The Labute approximate surface area is 101 Å². The van der Waals surface area contributed by atoms with Gasteiger partial charge in [-0.1, -0.05) is 12.2 Å². The van der Waals surface area contributed by atoms with E-state index < -0.39 is 0 Å². The average molecular weight is 234 g/mol. The van der Waals surface area contributed by atoms with Crippen molar-refractivity contribution in [2.45, 2.75) is 31.2 Å². The lowest BCUT2D eigenvalue weighted by molar-refractivity contribution is 0.252. The van der Waals surface area contributed by atoms with Crippen molar-refractivity contribution in [3.05, 3.63) is 17.8 Å². The van der Waals surface area contributed by atoms with E-state index >= 15 is 0 Å². The SMILES string of the molecule is COc1nc(N)ncc1/C=C/CC1(N)CCC1. The fourth-order valence-corrected chi connectivity index (χ4v) is 1.92. The molecule has 0 aromatic carbocycles. The lowest BCUT2D eigenvalue weighted by Crippen LogP contribution is -2.45. The Bertz CT molecular complexity index is 427. The van der Waals surface area contributed by atoms with Gasteiger partial charge in [-0.05, 0) is 25.7 Å². The highest BCUT2D eigenvalue weighted by Gasteiger charge is 2.30. The van der Waals surface area contributed by atoms with Gasteiger partial charge in [0.05, 0.1) is 12.7 Å². The minimum absolute atomic E-state index is 0.00159.